The number of fused-ring (bicyclic) bond motifs is 1. The van der Waals surface area contributed by atoms with Crippen LogP contribution in [0.3, 0.4) is 0 Å². The highest BCUT2D eigenvalue weighted by molar-refractivity contribution is 6.29. The van der Waals surface area contributed by atoms with Gasteiger partial charge in [-0.25, -0.2) is 9.97 Å². The monoisotopic (exact) mass is 375 g/mol. The number of para-hydroxylation sites is 1. The fraction of sp³-hybridized carbons (Fsp3) is 0.333. The minimum Gasteiger partial charge on any atom is -0.491 e. The molecule has 3 aromatic rings. The number of nitrogens with zero attached hydrogens (tertiary/aromatic N) is 2. The largest absolute Gasteiger partial charge is 0.491 e. The van der Waals surface area contributed by atoms with Gasteiger partial charge in [-0.1, -0.05) is 6.07 Å². The Kier molecular flexibility index (Phi) is 5.19. The summed E-state index contributed by atoms with van der Waals surface area (Å²) in [6, 6.07) is 9.43. The van der Waals surface area contributed by atoms with Crippen molar-refractivity contribution in [2.24, 2.45) is 5.92 Å². The SMILES string of the molecule is Clc1nc(NCc2ccco2)c2cccc(OCC3COCOC3)c2n1. The molecule has 1 aliphatic heterocycles. The van der Waals surface area contributed by atoms with E-state index in [1.807, 2.05) is 30.3 Å². The van der Waals surface area contributed by atoms with Crippen LogP contribution in [0.4, 0.5) is 5.82 Å². The zero-order valence-electron chi connectivity index (χ0n) is 14.0. The van der Waals surface area contributed by atoms with Gasteiger partial charge in [-0.05, 0) is 35.9 Å². The summed E-state index contributed by atoms with van der Waals surface area (Å²) in [6.45, 7) is 2.57. The Morgan fingerprint density at radius 1 is 1.15 bits per heavy atom. The van der Waals surface area contributed by atoms with Gasteiger partial charge >= 0.3 is 0 Å². The normalized spacial score (nSPS) is 15.3. The number of aromatic nitrogens is 2. The maximum atomic E-state index is 6.12. The Labute approximate surface area is 155 Å². The summed E-state index contributed by atoms with van der Waals surface area (Å²) < 4.78 is 21.9. The van der Waals surface area contributed by atoms with Crippen LogP contribution in [0.2, 0.25) is 5.28 Å². The molecule has 0 unspecified atom stereocenters. The Hall–Kier alpha value is -2.35. The topological polar surface area (TPSA) is 78.6 Å². The molecule has 0 radical (unpaired) electrons. The molecule has 1 aromatic carbocycles. The van der Waals surface area contributed by atoms with Crippen LogP contribution in [0, 0.1) is 5.92 Å². The molecule has 3 heterocycles. The average molecular weight is 376 g/mol. The number of rotatable bonds is 6. The van der Waals surface area contributed by atoms with E-state index in [1.54, 1.807) is 6.26 Å². The molecular weight excluding hydrogens is 358 g/mol. The van der Waals surface area contributed by atoms with Crippen LogP contribution < -0.4 is 10.1 Å². The predicted octanol–water partition coefficient (Wildman–Crippen LogP) is 3.49. The molecule has 0 saturated carbocycles. The van der Waals surface area contributed by atoms with Gasteiger partial charge < -0.3 is 23.9 Å². The van der Waals surface area contributed by atoms with E-state index in [0.717, 1.165) is 11.1 Å². The Bertz CT molecular complexity index is 866. The number of nitrogens with one attached hydrogen (secondary N) is 1. The third-order valence-corrected chi connectivity index (χ3v) is 4.19. The Morgan fingerprint density at radius 3 is 2.85 bits per heavy atom. The molecule has 1 N–H and O–H groups in total. The van der Waals surface area contributed by atoms with Crippen molar-refractivity contribution in [1.29, 1.82) is 0 Å². The zero-order chi connectivity index (χ0) is 17.8. The van der Waals surface area contributed by atoms with Crippen LogP contribution in [-0.2, 0) is 16.0 Å². The second-order valence-electron chi connectivity index (χ2n) is 5.96. The average Bonchev–Trinajstić information content (AvgIpc) is 3.19. The molecule has 2 aromatic heterocycles. The van der Waals surface area contributed by atoms with Gasteiger partial charge in [0.15, 0.2) is 0 Å². The quantitative estimate of drug-likeness (QED) is 0.660. The van der Waals surface area contributed by atoms with Crippen molar-refractivity contribution >= 4 is 28.3 Å². The first kappa shape index (κ1) is 17.1. The standard InChI is InChI=1S/C18H18ClN3O4/c19-18-21-16-14(17(22-18)20-7-13-3-2-6-25-13)4-1-5-15(16)26-10-12-8-23-11-24-9-12/h1-6,12H,7-11H2,(H,20,21,22). The smallest absolute Gasteiger partial charge is 0.225 e. The van der Waals surface area contributed by atoms with Crippen molar-refractivity contribution < 1.29 is 18.6 Å². The van der Waals surface area contributed by atoms with E-state index in [9.17, 15) is 0 Å². The van der Waals surface area contributed by atoms with E-state index in [-0.39, 0.29) is 11.2 Å². The number of anilines is 1. The van der Waals surface area contributed by atoms with Crippen molar-refractivity contribution in [3.05, 3.63) is 47.6 Å². The number of halogens is 1. The minimum absolute atomic E-state index is 0.153. The van der Waals surface area contributed by atoms with E-state index >= 15 is 0 Å². The van der Waals surface area contributed by atoms with Crippen LogP contribution in [0.15, 0.2) is 41.0 Å². The molecule has 0 amide bonds. The molecule has 0 spiro atoms. The highest BCUT2D eigenvalue weighted by atomic mass is 35.5. The summed E-state index contributed by atoms with van der Waals surface area (Å²) in [5, 5.41) is 4.22. The van der Waals surface area contributed by atoms with Gasteiger partial charge in [0.05, 0.1) is 32.6 Å². The summed E-state index contributed by atoms with van der Waals surface area (Å²) in [4.78, 5) is 8.65. The van der Waals surface area contributed by atoms with Gasteiger partial charge in [0.2, 0.25) is 5.28 Å². The molecule has 0 aliphatic carbocycles. The van der Waals surface area contributed by atoms with Crippen LogP contribution in [0.5, 0.6) is 5.75 Å². The maximum absolute atomic E-state index is 6.12. The number of benzene rings is 1. The molecule has 136 valence electrons. The fourth-order valence-corrected chi connectivity index (χ4v) is 2.94. The lowest BCUT2D eigenvalue weighted by atomic mass is 10.2. The van der Waals surface area contributed by atoms with E-state index in [2.05, 4.69) is 15.3 Å². The van der Waals surface area contributed by atoms with Gasteiger partial charge in [0.1, 0.15) is 29.6 Å². The zero-order valence-corrected chi connectivity index (χ0v) is 14.7. The summed E-state index contributed by atoms with van der Waals surface area (Å²) >= 11 is 6.12. The molecule has 1 fully saturated rings. The van der Waals surface area contributed by atoms with Crippen molar-refractivity contribution in [2.45, 2.75) is 6.54 Å². The molecular formula is C18H18ClN3O4. The van der Waals surface area contributed by atoms with E-state index in [0.29, 0.717) is 50.2 Å². The van der Waals surface area contributed by atoms with E-state index in [4.69, 9.17) is 30.2 Å². The molecule has 4 rings (SSSR count). The highest BCUT2D eigenvalue weighted by Crippen LogP contribution is 2.30. The van der Waals surface area contributed by atoms with Crippen LogP contribution in [0.25, 0.3) is 10.9 Å². The molecule has 26 heavy (non-hydrogen) atoms. The number of hydrogen-bond donors (Lipinski definition) is 1. The molecule has 7 nitrogen and oxygen atoms in total. The lowest BCUT2D eigenvalue weighted by Gasteiger charge is -2.22. The molecule has 1 aliphatic rings. The third-order valence-electron chi connectivity index (χ3n) is 4.02. The first-order chi connectivity index (χ1) is 12.8. The van der Waals surface area contributed by atoms with Crippen LogP contribution in [0.1, 0.15) is 5.76 Å². The van der Waals surface area contributed by atoms with Crippen molar-refractivity contribution in [1.82, 2.24) is 9.97 Å². The first-order valence-corrected chi connectivity index (χ1v) is 8.68. The second kappa shape index (κ2) is 7.90. The second-order valence-corrected chi connectivity index (χ2v) is 6.30. The lowest BCUT2D eigenvalue weighted by Crippen LogP contribution is -2.28. The Morgan fingerprint density at radius 2 is 2.04 bits per heavy atom. The van der Waals surface area contributed by atoms with Gasteiger partial charge in [-0.3, -0.25) is 0 Å². The Balaban J connectivity index is 1.56. The molecule has 1 saturated heterocycles. The first-order valence-electron chi connectivity index (χ1n) is 8.30. The highest BCUT2D eigenvalue weighted by Gasteiger charge is 2.17. The lowest BCUT2D eigenvalue weighted by molar-refractivity contribution is -0.131. The van der Waals surface area contributed by atoms with Crippen LogP contribution >= 0.6 is 11.6 Å². The van der Waals surface area contributed by atoms with Gasteiger partial charge in [-0.15, -0.1) is 0 Å². The summed E-state index contributed by atoms with van der Waals surface area (Å²) in [7, 11) is 0. The third kappa shape index (κ3) is 3.90. The molecule has 0 bridgehead atoms. The maximum Gasteiger partial charge on any atom is 0.225 e. The minimum atomic E-state index is 0.153. The van der Waals surface area contributed by atoms with Crippen molar-refractivity contribution in [3.63, 3.8) is 0 Å². The number of hydrogen-bond acceptors (Lipinski definition) is 7. The van der Waals surface area contributed by atoms with E-state index in [1.165, 1.54) is 0 Å². The van der Waals surface area contributed by atoms with Gasteiger partial charge in [0.25, 0.3) is 0 Å². The van der Waals surface area contributed by atoms with Gasteiger partial charge in [0, 0.05) is 11.3 Å². The molecule has 0 atom stereocenters. The summed E-state index contributed by atoms with van der Waals surface area (Å²) in [5.41, 5.74) is 0.659. The summed E-state index contributed by atoms with van der Waals surface area (Å²) in [5.74, 6) is 2.27. The predicted molar refractivity (Wildman–Crippen MR) is 96.3 cm³/mol. The number of ether oxygens (including phenoxy) is 3. The number of furan rings is 1. The van der Waals surface area contributed by atoms with Crippen molar-refractivity contribution in [3.8, 4) is 5.75 Å². The van der Waals surface area contributed by atoms with Crippen LogP contribution in [-0.4, -0.2) is 36.6 Å². The summed E-state index contributed by atoms with van der Waals surface area (Å²) in [6.07, 6.45) is 1.63. The molecule has 8 heteroatoms. The van der Waals surface area contributed by atoms with Gasteiger partial charge in [-0.2, -0.15) is 0 Å². The van der Waals surface area contributed by atoms with E-state index < -0.39 is 0 Å². The van der Waals surface area contributed by atoms with Crippen molar-refractivity contribution in [2.75, 3.05) is 31.9 Å². The fourth-order valence-electron chi connectivity index (χ4n) is 2.77.